The van der Waals surface area contributed by atoms with E-state index in [-0.39, 0.29) is 5.97 Å². The number of aromatic nitrogens is 2. The lowest BCUT2D eigenvalue weighted by atomic mass is 10.1. The zero-order valence-corrected chi connectivity index (χ0v) is 10.3. The Morgan fingerprint density at radius 2 is 2.11 bits per heavy atom. The molecule has 0 radical (unpaired) electrons. The maximum atomic E-state index is 11.8. The molecule has 5 heteroatoms. The lowest BCUT2D eigenvalue weighted by Gasteiger charge is -2.17. The van der Waals surface area contributed by atoms with Crippen molar-refractivity contribution in [2.24, 2.45) is 7.05 Å². The summed E-state index contributed by atoms with van der Waals surface area (Å²) < 4.78 is 6.62. The smallest absolute Gasteiger partial charge is 0.333 e. The van der Waals surface area contributed by atoms with Gasteiger partial charge in [0, 0.05) is 19.4 Å². The van der Waals surface area contributed by atoms with Gasteiger partial charge >= 0.3 is 5.97 Å². The van der Waals surface area contributed by atoms with Gasteiger partial charge in [0.15, 0.2) is 6.04 Å². The second kappa shape index (κ2) is 5.35. The quantitative estimate of drug-likeness (QED) is 0.834. The van der Waals surface area contributed by atoms with Gasteiger partial charge in [-0.05, 0) is 5.56 Å². The molecule has 0 amide bonds. The zero-order valence-electron chi connectivity index (χ0n) is 10.3. The highest BCUT2D eigenvalue weighted by Crippen LogP contribution is 2.19. The van der Waals surface area contributed by atoms with Gasteiger partial charge < -0.3 is 14.6 Å². The Morgan fingerprint density at radius 1 is 1.39 bits per heavy atom. The fourth-order valence-electron chi connectivity index (χ4n) is 1.68. The maximum Gasteiger partial charge on any atom is 0.333 e. The van der Waals surface area contributed by atoms with Crippen molar-refractivity contribution in [1.29, 1.82) is 0 Å². The summed E-state index contributed by atoms with van der Waals surface area (Å²) in [6.07, 6.45) is 3.48. The summed E-state index contributed by atoms with van der Waals surface area (Å²) in [7, 11) is 3.23. The first-order valence-electron chi connectivity index (χ1n) is 5.59. The number of imidazole rings is 1. The van der Waals surface area contributed by atoms with E-state index >= 15 is 0 Å². The van der Waals surface area contributed by atoms with Crippen LogP contribution in [0.1, 0.15) is 11.6 Å². The predicted octanol–water partition coefficient (Wildman–Crippen LogP) is 1.75. The van der Waals surface area contributed by atoms with Crippen LogP contribution in [-0.2, 0) is 16.6 Å². The Hall–Kier alpha value is -2.30. The molecule has 0 aliphatic heterocycles. The number of benzene rings is 1. The van der Waals surface area contributed by atoms with Crippen molar-refractivity contribution in [3.63, 3.8) is 0 Å². The van der Waals surface area contributed by atoms with Gasteiger partial charge in [-0.3, -0.25) is 0 Å². The van der Waals surface area contributed by atoms with Crippen molar-refractivity contribution in [1.82, 2.24) is 9.55 Å². The van der Waals surface area contributed by atoms with Gasteiger partial charge in [0.05, 0.1) is 7.11 Å². The molecule has 2 aromatic rings. The van der Waals surface area contributed by atoms with Crippen LogP contribution < -0.4 is 5.32 Å². The van der Waals surface area contributed by atoms with E-state index in [4.69, 9.17) is 4.74 Å². The highest BCUT2D eigenvalue weighted by atomic mass is 16.5. The second-order valence-corrected chi connectivity index (χ2v) is 3.87. The van der Waals surface area contributed by atoms with Gasteiger partial charge in [-0.2, -0.15) is 0 Å². The number of carbonyl (C=O) groups is 1. The Bertz CT molecular complexity index is 522. The number of methoxy groups -OCH3 is 1. The van der Waals surface area contributed by atoms with Crippen LogP contribution in [0.3, 0.4) is 0 Å². The minimum absolute atomic E-state index is 0.343. The number of esters is 1. The van der Waals surface area contributed by atoms with E-state index in [1.807, 2.05) is 43.6 Å². The van der Waals surface area contributed by atoms with Crippen LogP contribution in [0, 0.1) is 0 Å². The molecule has 1 N–H and O–H groups in total. The van der Waals surface area contributed by atoms with Gasteiger partial charge in [0.2, 0.25) is 5.95 Å². The molecular formula is C13H15N3O2. The standard InChI is InChI=1S/C13H15N3O2/c1-16-9-8-14-13(16)15-11(12(17)18-2)10-6-4-3-5-7-10/h3-9,11H,1-2H3,(H,14,15). The van der Waals surface area contributed by atoms with Crippen LogP contribution >= 0.6 is 0 Å². The van der Waals surface area contributed by atoms with Crippen LogP contribution in [0.25, 0.3) is 0 Å². The molecule has 1 atom stereocenters. The SMILES string of the molecule is COC(=O)C(Nc1nccn1C)c1ccccc1. The third-order valence-electron chi connectivity index (χ3n) is 2.66. The average Bonchev–Trinajstić information content (AvgIpc) is 2.81. The molecule has 1 aromatic carbocycles. The van der Waals surface area contributed by atoms with Crippen LogP contribution in [0.5, 0.6) is 0 Å². The summed E-state index contributed by atoms with van der Waals surface area (Å²) in [5.74, 6) is 0.276. The van der Waals surface area contributed by atoms with Crippen molar-refractivity contribution in [2.45, 2.75) is 6.04 Å². The molecule has 94 valence electrons. The second-order valence-electron chi connectivity index (χ2n) is 3.87. The molecule has 1 heterocycles. The van der Waals surface area contributed by atoms with Gasteiger partial charge in [0.1, 0.15) is 0 Å². The summed E-state index contributed by atoms with van der Waals surface area (Å²) in [5.41, 5.74) is 0.840. The van der Waals surface area contributed by atoms with Crippen molar-refractivity contribution in [2.75, 3.05) is 12.4 Å². The first-order valence-corrected chi connectivity index (χ1v) is 5.59. The van der Waals surface area contributed by atoms with Crippen molar-refractivity contribution in [3.8, 4) is 0 Å². The van der Waals surface area contributed by atoms with E-state index in [0.717, 1.165) is 5.56 Å². The first-order chi connectivity index (χ1) is 8.72. The summed E-state index contributed by atoms with van der Waals surface area (Å²) in [6, 6.07) is 8.85. The van der Waals surface area contributed by atoms with E-state index in [2.05, 4.69) is 10.3 Å². The van der Waals surface area contributed by atoms with Crippen molar-refractivity contribution < 1.29 is 9.53 Å². The molecule has 0 aliphatic carbocycles. The lowest BCUT2D eigenvalue weighted by molar-refractivity contribution is -0.141. The predicted molar refractivity (Wildman–Crippen MR) is 68.0 cm³/mol. The third-order valence-corrected chi connectivity index (χ3v) is 2.66. The zero-order chi connectivity index (χ0) is 13.0. The Morgan fingerprint density at radius 3 is 2.67 bits per heavy atom. The molecule has 0 fully saturated rings. The molecule has 1 aromatic heterocycles. The fourth-order valence-corrected chi connectivity index (χ4v) is 1.68. The topological polar surface area (TPSA) is 56.1 Å². The number of hydrogen-bond acceptors (Lipinski definition) is 4. The normalized spacial score (nSPS) is 11.9. The van der Waals surface area contributed by atoms with Gasteiger partial charge in [-0.15, -0.1) is 0 Å². The number of carbonyl (C=O) groups excluding carboxylic acids is 1. The van der Waals surface area contributed by atoms with Crippen molar-refractivity contribution >= 4 is 11.9 Å². The molecule has 0 bridgehead atoms. The molecular weight excluding hydrogens is 230 g/mol. The summed E-state index contributed by atoms with van der Waals surface area (Å²) >= 11 is 0. The Labute approximate surface area is 105 Å². The van der Waals surface area contributed by atoms with E-state index in [1.54, 1.807) is 10.8 Å². The van der Waals surface area contributed by atoms with E-state index in [1.165, 1.54) is 7.11 Å². The number of nitrogens with zero attached hydrogens (tertiary/aromatic N) is 2. The molecule has 2 rings (SSSR count). The van der Waals surface area contributed by atoms with Gasteiger partial charge in [0.25, 0.3) is 0 Å². The van der Waals surface area contributed by atoms with E-state index in [9.17, 15) is 4.79 Å². The maximum absolute atomic E-state index is 11.8. The van der Waals surface area contributed by atoms with E-state index in [0.29, 0.717) is 5.95 Å². The summed E-state index contributed by atoms with van der Waals surface area (Å²) in [6.45, 7) is 0. The Kier molecular flexibility index (Phi) is 3.62. The molecule has 1 unspecified atom stereocenters. The molecule has 0 aliphatic rings. The fraction of sp³-hybridized carbons (Fsp3) is 0.231. The Balaban J connectivity index is 2.27. The van der Waals surface area contributed by atoms with Gasteiger partial charge in [-0.25, -0.2) is 9.78 Å². The molecule has 0 spiro atoms. The minimum atomic E-state index is -0.558. The van der Waals surface area contributed by atoms with Crippen LogP contribution in [0.15, 0.2) is 42.7 Å². The molecule has 0 saturated heterocycles. The number of nitrogens with one attached hydrogen (secondary N) is 1. The summed E-state index contributed by atoms with van der Waals surface area (Å²) in [5, 5.41) is 3.07. The average molecular weight is 245 g/mol. The molecule has 18 heavy (non-hydrogen) atoms. The van der Waals surface area contributed by atoms with Crippen LogP contribution in [-0.4, -0.2) is 22.6 Å². The first kappa shape index (κ1) is 12.2. The van der Waals surface area contributed by atoms with Gasteiger partial charge in [-0.1, -0.05) is 30.3 Å². The number of anilines is 1. The lowest BCUT2D eigenvalue weighted by Crippen LogP contribution is -2.23. The third kappa shape index (κ3) is 2.51. The summed E-state index contributed by atoms with van der Waals surface area (Å²) in [4.78, 5) is 16.0. The highest BCUT2D eigenvalue weighted by Gasteiger charge is 2.22. The monoisotopic (exact) mass is 245 g/mol. The minimum Gasteiger partial charge on any atom is -0.467 e. The largest absolute Gasteiger partial charge is 0.467 e. The molecule has 5 nitrogen and oxygen atoms in total. The number of ether oxygens (including phenoxy) is 1. The van der Waals surface area contributed by atoms with E-state index < -0.39 is 6.04 Å². The number of hydrogen-bond donors (Lipinski definition) is 1. The highest BCUT2D eigenvalue weighted by molar-refractivity contribution is 5.80. The van der Waals surface area contributed by atoms with Crippen molar-refractivity contribution in [3.05, 3.63) is 48.3 Å². The van der Waals surface area contributed by atoms with Crippen LogP contribution in [0.4, 0.5) is 5.95 Å². The molecule has 0 saturated carbocycles. The number of aryl methyl sites for hydroxylation is 1. The van der Waals surface area contributed by atoms with Crippen LogP contribution in [0.2, 0.25) is 0 Å². The number of rotatable bonds is 4.